The van der Waals surface area contributed by atoms with Gasteiger partial charge in [-0.3, -0.25) is 9.48 Å². The first-order valence-electron chi connectivity index (χ1n) is 10.8. The second-order valence-electron chi connectivity index (χ2n) is 8.01. The Morgan fingerprint density at radius 1 is 1.30 bits per heavy atom. The Kier molecular flexibility index (Phi) is 7.81. The normalized spacial score (nSPS) is 15.8. The maximum Gasteiger partial charge on any atom is 0.573 e. The highest BCUT2D eigenvalue weighted by Crippen LogP contribution is 2.30. The molecule has 0 spiro atoms. The number of nitriles is 1. The predicted molar refractivity (Wildman–Crippen MR) is 116 cm³/mol. The van der Waals surface area contributed by atoms with Crippen molar-refractivity contribution in [2.45, 2.75) is 45.0 Å². The lowest BCUT2D eigenvalue weighted by Crippen LogP contribution is -2.38. The molecule has 33 heavy (non-hydrogen) atoms. The van der Waals surface area contributed by atoms with Crippen molar-refractivity contribution in [3.05, 3.63) is 36.0 Å². The first kappa shape index (κ1) is 24.4. The molecular formula is C22H27F3N6O2. The Morgan fingerprint density at radius 2 is 2.00 bits per heavy atom. The van der Waals surface area contributed by atoms with E-state index >= 15 is 0 Å². The third-order valence-corrected chi connectivity index (χ3v) is 5.61. The van der Waals surface area contributed by atoms with Gasteiger partial charge < -0.3 is 20.7 Å². The molecule has 1 fully saturated rings. The van der Waals surface area contributed by atoms with Crippen LogP contribution >= 0.6 is 0 Å². The Bertz CT molecular complexity index is 979. The third-order valence-electron chi connectivity index (χ3n) is 5.61. The maximum absolute atomic E-state index is 12.4. The average Bonchev–Trinajstić information content (AvgIpc) is 3.13. The largest absolute Gasteiger partial charge is 0.573 e. The Labute approximate surface area is 190 Å². The van der Waals surface area contributed by atoms with Crippen molar-refractivity contribution in [3.63, 3.8) is 0 Å². The van der Waals surface area contributed by atoms with Crippen molar-refractivity contribution >= 4 is 17.4 Å². The quantitative estimate of drug-likeness (QED) is 0.516. The van der Waals surface area contributed by atoms with E-state index in [1.54, 1.807) is 4.68 Å². The Morgan fingerprint density at radius 3 is 2.52 bits per heavy atom. The van der Waals surface area contributed by atoms with E-state index in [1.807, 2.05) is 6.92 Å². The van der Waals surface area contributed by atoms with E-state index in [0.717, 1.165) is 38.2 Å². The van der Waals surface area contributed by atoms with Gasteiger partial charge in [-0.1, -0.05) is 13.3 Å². The maximum atomic E-state index is 12.4. The molecule has 0 bridgehead atoms. The molecule has 2 aromatic rings. The number of aromatic nitrogens is 2. The van der Waals surface area contributed by atoms with E-state index in [-0.39, 0.29) is 29.1 Å². The number of ether oxygens (including phenoxy) is 1. The first-order chi connectivity index (χ1) is 15.7. The molecule has 0 radical (unpaired) electrons. The van der Waals surface area contributed by atoms with Crippen LogP contribution in [0.3, 0.4) is 0 Å². The summed E-state index contributed by atoms with van der Waals surface area (Å²) in [5.41, 5.74) is 6.07. The molecule has 1 aliphatic heterocycles. The summed E-state index contributed by atoms with van der Waals surface area (Å²) in [4.78, 5) is 14.3. The van der Waals surface area contributed by atoms with Crippen LogP contribution in [-0.4, -0.2) is 46.6 Å². The van der Waals surface area contributed by atoms with Crippen LogP contribution in [0.25, 0.3) is 0 Å². The minimum atomic E-state index is -4.78. The molecule has 2 atom stereocenters. The molecule has 1 aliphatic rings. The zero-order valence-electron chi connectivity index (χ0n) is 18.3. The molecule has 3 rings (SSSR count). The Hall–Kier alpha value is -3.26. The molecule has 8 nitrogen and oxygen atoms in total. The fourth-order valence-corrected chi connectivity index (χ4v) is 3.79. The number of benzene rings is 1. The van der Waals surface area contributed by atoms with Gasteiger partial charge in [0.25, 0.3) is 5.91 Å². The number of nitrogens with zero attached hydrogens (tertiary/aromatic N) is 4. The number of amides is 1. The van der Waals surface area contributed by atoms with Gasteiger partial charge in [-0.15, -0.1) is 13.2 Å². The molecule has 11 heteroatoms. The molecule has 2 heterocycles. The molecule has 0 unspecified atom stereocenters. The molecule has 1 saturated heterocycles. The summed E-state index contributed by atoms with van der Waals surface area (Å²) in [5, 5.41) is 17.2. The van der Waals surface area contributed by atoms with Gasteiger partial charge in [0.1, 0.15) is 11.3 Å². The number of nitrogens with one attached hydrogen (secondary N) is 1. The third kappa shape index (κ3) is 6.61. The highest BCUT2D eigenvalue weighted by Gasteiger charge is 2.31. The molecule has 0 saturated carbocycles. The number of anilines is 2. The van der Waals surface area contributed by atoms with E-state index < -0.39 is 12.3 Å². The molecule has 1 aromatic heterocycles. The van der Waals surface area contributed by atoms with Gasteiger partial charge in [-0.25, -0.2) is 0 Å². The minimum absolute atomic E-state index is 0.131. The summed E-state index contributed by atoms with van der Waals surface area (Å²) < 4.78 is 42.6. The Balaban J connectivity index is 1.80. The zero-order chi connectivity index (χ0) is 24.0. The second kappa shape index (κ2) is 10.6. The van der Waals surface area contributed by atoms with Gasteiger partial charge in [-0.05, 0) is 63.2 Å². The summed E-state index contributed by atoms with van der Waals surface area (Å²) in [6, 6.07) is 7.20. The van der Waals surface area contributed by atoms with Crippen molar-refractivity contribution in [3.8, 4) is 11.8 Å². The molecule has 1 amide bonds. The molecular weight excluding hydrogens is 437 g/mol. The van der Waals surface area contributed by atoms with E-state index in [9.17, 15) is 23.2 Å². The van der Waals surface area contributed by atoms with Gasteiger partial charge >= 0.3 is 6.36 Å². The first-order valence-corrected chi connectivity index (χ1v) is 10.8. The highest BCUT2D eigenvalue weighted by atomic mass is 19.4. The number of halogens is 3. The summed E-state index contributed by atoms with van der Waals surface area (Å²) >= 11 is 0. The molecule has 3 N–H and O–H groups in total. The lowest BCUT2D eigenvalue weighted by Gasteiger charge is -2.32. The van der Waals surface area contributed by atoms with Crippen LogP contribution < -0.4 is 15.8 Å². The highest BCUT2D eigenvalue weighted by molar-refractivity contribution is 5.98. The summed E-state index contributed by atoms with van der Waals surface area (Å²) in [7, 11) is 0. The number of carbonyl (C=O) groups excluding carboxylic acids is 1. The van der Waals surface area contributed by atoms with E-state index in [4.69, 9.17) is 5.73 Å². The minimum Gasteiger partial charge on any atom is -0.406 e. The standard InChI is InChI=1S/C22H27F3N6O2/c1-2-4-19(15(13-26)9-12-30-10-3-11-30)31-14-18(20(27)32)21(29-31)28-16-5-7-17(8-6-16)33-22(23,24)25/h5-8,14-15,19H,2-4,9-12H2,1H3,(H2,27,32)(H,28,29)/t15-,19+/m1/s1. The van der Waals surface area contributed by atoms with Gasteiger partial charge in [-0.2, -0.15) is 10.4 Å². The predicted octanol–water partition coefficient (Wildman–Crippen LogP) is 4.20. The van der Waals surface area contributed by atoms with Crippen LogP contribution in [-0.2, 0) is 0 Å². The number of alkyl halides is 3. The summed E-state index contributed by atoms with van der Waals surface area (Å²) in [5.74, 6) is -1.19. The monoisotopic (exact) mass is 464 g/mol. The number of hydrogen-bond acceptors (Lipinski definition) is 6. The van der Waals surface area contributed by atoms with Gasteiger partial charge in [0.05, 0.1) is 18.0 Å². The van der Waals surface area contributed by atoms with E-state index in [0.29, 0.717) is 18.5 Å². The van der Waals surface area contributed by atoms with E-state index in [1.165, 1.54) is 24.8 Å². The van der Waals surface area contributed by atoms with Crippen LogP contribution in [0.5, 0.6) is 5.75 Å². The fourth-order valence-electron chi connectivity index (χ4n) is 3.79. The lowest BCUT2D eigenvalue weighted by molar-refractivity contribution is -0.274. The molecule has 0 aliphatic carbocycles. The van der Waals surface area contributed by atoms with Crippen LogP contribution in [0.15, 0.2) is 30.5 Å². The molecule has 178 valence electrons. The van der Waals surface area contributed by atoms with Crippen molar-refractivity contribution in [2.24, 2.45) is 11.7 Å². The van der Waals surface area contributed by atoms with Crippen LogP contribution in [0.4, 0.5) is 24.7 Å². The van der Waals surface area contributed by atoms with Crippen molar-refractivity contribution in [1.29, 1.82) is 5.26 Å². The number of primary amides is 1. The van der Waals surface area contributed by atoms with Crippen LogP contribution in [0.1, 0.15) is 49.0 Å². The fraction of sp³-hybridized carbons (Fsp3) is 0.500. The zero-order valence-corrected chi connectivity index (χ0v) is 18.3. The van der Waals surface area contributed by atoms with Gasteiger partial charge in [0.15, 0.2) is 5.82 Å². The van der Waals surface area contributed by atoms with Gasteiger partial charge in [0, 0.05) is 11.9 Å². The second-order valence-corrected chi connectivity index (χ2v) is 8.01. The SMILES string of the molecule is CCC[C@@H]([C@@H](C#N)CCN1CCC1)n1cc(C(N)=O)c(Nc2ccc(OC(F)(F)F)cc2)n1. The topological polar surface area (TPSA) is 109 Å². The number of nitrogens with two attached hydrogens (primary N) is 1. The smallest absolute Gasteiger partial charge is 0.406 e. The van der Waals surface area contributed by atoms with E-state index in [2.05, 4.69) is 26.1 Å². The lowest BCUT2D eigenvalue weighted by atomic mass is 9.93. The number of hydrogen-bond donors (Lipinski definition) is 2. The van der Waals surface area contributed by atoms with Crippen molar-refractivity contribution < 1.29 is 22.7 Å². The van der Waals surface area contributed by atoms with Gasteiger partial charge in [0.2, 0.25) is 0 Å². The number of rotatable bonds is 11. The summed E-state index contributed by atoms with van der Waals surface area (Å²) in [6.07, 6.45) is 0.127. The number of likely N-dealkylation sites (tertiary alicyclic amines) is 1. The number of carbonyl (C=O) groups is 1. The summed E-state index contributed by atoms with van der Waals surface area (Å²) in [6.45, 7) is 4.94. The van der Waals surface area contributed by atoms with Crippen LogP contribution in [0.2, 0.25) is 0 Å². The van der Waals surface area contributed by atoms with Crippen molar-refractivity contribution in [1.82, 2.24) is 14.7 Å². The molecule has 1 aromatic carbocycles. The average molecular weight is 464 g/mol. The van der Waals surface area contributed by atoms with Crippen molar-refractivity contribution in [2.75, 3.05) is 25.0 Å². The van der Waals surface area contributed by atoms with Crippen LogP contribution in [0, 0.1) is 17.2 Å².